The van der Waals surface area contributed by atoms with E-state index in [1.165, 1.54) is 17.2 Å². The third kappa shape index (κ3) is 2.85. The van der Waals surface area contributed by atoms with Crippen LogP contribution in [-0.2, 0) is 19.4 Å². The number of aryl methyl sites for hydroxylation is 3. The number of benzene rings is 2. The highest BCUT2D eigenvalue weighted by molar-refractivity contribution is 5.84. The molecule has 5 rings (SSSR count). The first-order chi connectivity index (χ1) is 13.2. The standard InChI is InChI=1S/C22H18N2O3/c1-13-23-19-8-3-2-7-17(19)22(24-13)26-12-16-11-21(25)27-20-10-15-6-4-5-14(15)9-18(16)20/h2-3,7-11H,4-6,12H2,1H3. The highest BCUT2D eigenvalue weighted by Gasteiger charge is 2.16. The van der Waals surface area contributed by atoms with Gasteiger partial charge in [0.2, 0.25) is 5.88 Å². The Morgan fingerprint density at radius 1 is 1.04 bits per heavy atom. The van der Waals surface area contributed by atoms with Gasteiger partial charge in [-0.2, -0.15) is 4.98 Å². The predicted molar refractivity (Wildman–Crippen MR) is 103 cm³/mol. The van der Waals surface area contributed by atoms with Gasteiger partial charge in [-0.3, -0.25) is 0 Å². The van der Waals surface area contributed by atoms with Crippen LogP contribution in [0.2, 0.25) is 0 Å². The summed E-state index contributed by atoms with van der Waals surface area (Å²) in [5.41, 5.74) is 4.54. The normalized spacial score (nSPS) is 13.2. The quantitative estimate of drug-likeness (QED) is 0.516. The number of rotatable bonds is 3. The Bertz CT molecular complexity index is 1240. The van der Waals surface area contributed by atoms with Crippen molar-refractivity contribution in [1.29, 1.82) is 0 Å². The van der Waals surface area contributed by atoms with Gasteiger partial charge in [0.1, 0.15) is 18.0 Å². The fourth-order valence-electron chi connectivity index (χ4n) is 3.83. The van der Waals surface area contributed by atoms with Gasteiger partial charge in [0.25, 0.3) is 0 Å². The molecule has 0 aliphatic heterocycles. The predicted octanol–water partition coefficient (Wildman–Crippen LogP) is 4.11. The van der Waals surface area contributed by atoms with Gasteiger partial charge in [-0.25, -0.2) is 9.78 Å². The second-order valence-electron chi connectivity index (χ2n) is 6.94. The minimum Gasteiger partial charge on any atom is -0.472 e. The summed E-state index contributed by atoms with van der Waals surface area (Å²) in [6.45, 7) is 2.09. The number of para-hydroxylation sites is 1. The lowest BCUT2D eigenvalue weighted by Gasteiger charge is -2.11. The molecule has 0 radical (unpaired) electrons. The van der Waals surface area contributed by atoms with Crippen molar-refractivity contribution in [1.82, 2.24) is 9.97 Å². The Balaban J connectivity index is 1.57. The van der Waals surface area contributed by atoms with E-state index in [1.807, 2.05) is 37.3 Å². The number of fused-ring (bicyclic) bond motifs is 3. The zero-order valence-corrected chi connectivity index (χ0v) is 15.0. The van der Waals surface area contributed by atoms with Crippen LogP contribution in [0.5, 0.6) is 5.88 Å². The molecule has 0 saturated heterocycles. The number of aromatic nitrogens is 2. The van der Waals surface area contributed by atoms with Crippen LogP contribution in [0.4, 0.5) is 0 Å². The summed E-state index contributed by atoms with van der Waals surface area (Å²) in [6, 6.07) is 13.4. The summed E-state index contributed by atoms with van der Waals surface area (Å²) in [5.74, 6) is 1.18. The maximum Gasteiger partial charge on any atom is 0.336 e. The molecular weight excluding hydrogens is 340 g/mol. The number of hydrogen-bond donors (Lipinski definition) is 0. The topological polar surface area (TPSA) is 65.2 Å². The van der Waals surface area contributed by atoms with Gasteiger partial charge >= 0.3 is 5.63 Å². The first kappa shape index (κ1) is 16.0. The van der Waals surface area contributed by atoms with Crippen molar-refractivity contribution < 1.29 is 9.15 Å². The van der Waals surface area contributed by atoms with E-state index in [1.54, 1.807) is 0 Å². The Morgan fingerprint density at radius 2 is 1.85 bits per heavy atom. The van der Waals surface area contributed by atoms with E-state index in [0.717, 1.165) is 41.1 Å². The zero-order chi connectivity index (χ0) is 18.4. The molecule has 4 aromatic rings. The van der Waals surface area contributed by atoms with E-state index in [-0.39, 0.29) is 12.2 Å². The lowest BCUT2D eigenvalue weighted by atomic mass is 10.0. The smallest absolute Gasteiger partial charge is 0.336 e. The summed E-state index contributed by atoms with van der Waals surface area (Å²) in [5, 5.41) is 1.79. The largest absolute Gasteiger partial charge is 0.472 e. The molecule has 0 atom stereocenters. The van der Waals surface area contributed by atoms with Crippen molar-refractivity contribution in [2.75, 3.05) is 0 Å². The Labute approximate surface area is 155 Å². The van der Waals surface area contributed by atoms with Crippen LogP contribution in [0.1, 0.15) is 28.9 Å². The van der Waals surface area contributed by atoms with E-state index in [2.05, 4.69) is 16.0 Å². The molecule has 2 aromatic heterocycles. The highest BCUT2D eigenvalue weighted by atomic mass is 16.5. The van der Waals surface area contributed by atoms with Crippen LogP contribution in [0.25, 0.3) is 21.9 Å². The SMILES string of the molecule is Cc1nc(OCc2cc(=O)oc3cc4c(cc23)CCC4)c2ccccc2n1. The van der Waals surface area contributed by atoms with Crippen molar-refractivity contribution in [2.45, 2.75) is 32.8 Å². The molecule has 1 aliphatic rings. The molecule has 1 aliphatic carbocycles. The van der Waals surface area contributed by atoms with Crippen LogP contribution in [-0.4, -0.2) is 9.97 Å². The molecule has 0 unspecified atom stereocenters. The average Bonchev–Trinajstić information content (AvgIpc) is 3.11. The molecule has 0 amide bonds. The molecule has 0 fully saturated rings. The lowest BCUT2D eigenvalue weighted by Crippen LogP contribution is -2.06. The molecule has 0 saturated carbocycles. The molecule has 5 nitrogen and oxygen atoms in total. The van der Waals surface area contributed by atoms with Gasteiger partial charge in [0, 0.05) is 17.0 Å². The van der Waals surface area contributed by atoms with Gasteiger partial charge in [0.05, 0.1) is 10.9 Å². The molecule has 0 spiro atoms. The fraction of sp³-hybridized carbons (Fsp3) is 0.227. The van der Waals surface area contributed by atoms with Crippen molar-refractivity contribution in [2.24, 2.45) is 0 Å². The van der Waals surface area contributed by atoms with Crippen molar-refractivity contribution in [3.05, 3.63) is 75.4 Å². The van der Waals surface area contributed by atoms with Gasteiger partial charge in [-0.05, 0) is 61.6 Å². The maximum absolute atomic E-state index is 12.0. The molecule has 0 N–H and O–H groups in total. The van der Waals surface area contributed by atoms with Crippen molar-refractivity contribution >= 4 is 21.9 Å². The molecular formula is C22H18N2O3. The first-order valence-corrected chi connectivity index (χ1v) is 9.12. The van der Waals surface area contributed by atoms with Crippen LogP contribution >= 0.6 is 0 Å². The van der Waals surface area contributed by atoms with Crippen LogP contribution in [0.15, 0.2) is 51.7 Å². The summed E-state index contributed by atoms with van der Waals surface area (Å²) in [7, 11) is 0. The second-order valence-corrected chi connectivity index (χ2v) is 6.94. The molecule has 2 heterocycles. The monoisotopic (exact) mass is 358 g/mol. The molecule has 2 aromatic carbocycles. The summed E-state index contributed by atoms with van der Waals surface area (Å²) >= 11 is 0. The third-order valence-corrected chi connectivity index (χ3v) is 5.09. The fourth-order valence-corrected chi connectivity index (χ4v) is 3.83. The van der Waals surface area contributed by atoms with Crippen LogP contribution < -0.4 is 10.4 Å². The van der Waals surface area contributed by atoms with Crippen molar-refractivity contribution in [3.8, 4) is 5.88 Å². The summed E-state index contributed by atoms with van der Waals surface area (Å²) < 4.78 is 11.5. The molecule has 27 heavy (non-hydrogen) atoms. The second kappa shape index (κ2) is 6.20. The van der Waals surface area contributed by atoms with Crippen LogP contribution in [0, 0.1) is 6.92 Å². The van der Waals surface area contributed by atoms with E-state index >= 15 is 0 Å². The Hall–Kier alpha value is -3.21. The molecule has 5 heteroatoms. The maximum atomic E-state index is 12.0. The minimum absolute atomic E-state index is 0.251. The minimum atomic E-state index is -0.359. The van der Waals surface area contributed by atoms with Crippen LogP contribution in [0.3, 0.4) is 0 Å². The van der Waals surface area contributed by atoms with E-state index < -0.39 is 0 Å². The highest BCUT2D eigenvalue weighted by Crippen LogP contribution is 2.29. The summed E-state index contributed by atoms with van der Waals surface area (Å²) in [4.78, 5) is 20.9. The number of ether oxygens (including phenoxy) is 1. The Morgan fingerprint density at radius 3 is 2.74 bits per heavy atom. The molecule has 134 valence electrons. The van der Waals surface area contributed by atoms with E-state index in [0.29, 0.717) is 17.3 Å². The number of hydrogen-bond acceptors (Lipinski definition) is 5. The lowest BCUT2D eigenvalue weighted by molar-refractivity contribution is 0.297. The van der Waals surface area contributed by atoms with Crippen molar-refractivity contribution in [3.63, 3.8) is 0 Å². The number of nitrogens with zero attached hydrogens (tertiary/aromatic N) is 2. The Kier molecular flexibility index (Phi) is 3.67. The van der Waals surface area contributed by atoms with E-state index in [4.69, 9.17) is 9.15 Å². The average molecular weight is 358 g/mol. The van der Waals surface area contributed by atoms with Gasteiger partial charge < -0.3 is 9.15 Å². The van der Waals surface area contributed by atoms with E-state index in [9.17, 15) is 4.79 Å². The third-order valence-electron chi connectivity index (χ3n) is 5.09. The molecule has 0 bridgehead atoms. The summed E-state index contributed by atoms with van der Waals surface area (Å²) in [6.07, 6.45) is 3.26. The van der Waals surface area contributed by atoms with Gasteiger partial charge in [0.15, 0.2) is 0 Å². The first-order valence-electron chi connectivity index (χ1n) is 9.12. The zero-order valence-electron chi connectivity index (χ0n) is 15.0. The van der Waals surface area contributed by atoms with Gasteiger partial charge in [-0.15, -0.1) is 0 Å². The van der Waals surface area contributed by atoms with Gasteiger partial charge in [-0.1, -0.05) is 12.1 Å².